The van der Waals surface area contributed by atoms with Gasteiger partial charge in [-0.3, -0.25) is 14.6 Å². The third-order valence-corrected chi connectivity index (χ3v) is 11.9. The predicted molar refractivity (Wildman–Crippen MR) is 185 cm³/mol. The van der Waals surface area contributed by atoms with Crippen molar-refractivity contribution < 1.29 is 41.0 Å². The molecule has 274 valence electrons. The zero-order chi connectivity index (χ0) is 36.3. The molecule has 0 spiro atoms. The van der Waals surface area contributed by atoms with Crippen molar-refractivity contribution in [1.29, 1.82) is 0 Å². The second kappa shape index (κ2) is 16.0. The van der Waals surface area contributed by atoms with E-state index in [9.17, 15) is 26.8 Å². The van der Waals surface area contributed by atoms with E-state index in [4.69, 9.17) is 32.7 Å². The minimum atomic E-state index is -4.17. The first-order valence-electron chi connectivity index (χ1n) is 16.7. The van der Waals surface area contributed by atoms with Crippen LogP contribution in [-0.4, -0.2) is 98.4 Å². The molecular weight excluding hydrogens is 729 g/mol. The lowest BCUT2D eigenvalue weighted by molar-refractivity contribution is -0.153. The van der Waals surface area contributed by atoms with E-state index in [1.54, 1.807) is 4.90 Å². The van der Waals surface area contributed by atoms with Gasteiger partial charge in [-0.05, 0) is 86.2 Å². The molecule has 2 atom stereocenters. The Labute approximate surface area is 305 Å². The van der Waals surface area contributed by atoms with Gasteiger partial charge in [0.1, 0.15) is 12.1 Å². The van der Waals surface area contributed by atoms with E-state index in [1.165, 1.54) is 54.9 Å². The quantitative estimate of drug-likeness (QED) is 0.198. The van der Waals surface area contributed by atoms with Crippen LogP contribution in [0.3, 0.4) is 0 Å². The monoisotopic (exact) mass is 766 g/mol. The Morgan fingerprint density at radius 3 is 2.27 bits per heavy atom. The van der Waals surface area contributed by atoms with Gasteiger partial charge in [-0.1, -0.05) is 29.3 Å². The van der Waals surface area contributed by atoms with Gasteiger partial charge >= 0.3 is 12.6 Å². The Morgan fingerprint density at radius 1 is 0.941 bits per heavy atom. The average molecular weight is 768 g/mol. The number of alkyl halides is 2. The van der Waals surface area contributed by atoms with Gasteiger partial charge in [0, 0.05) is 57.1 Å². The molecule has 3 aromatic rings. The molecule has 11 nitrogen and oxygen atoms in total. The molecule has 1 unspecified atom stereocenters. The van der Waals surface area contributed by atoms with Crippen LogP contribution in [0.25, 0.3) is 0 Å². The number of rotatable bonds is 13. The third kappa shape index (κ3) is 8.91. The van der Waals surface area contributed by atoms with Crippen LogP contribution in [0.15, 0.2) is 59.8 Å². The lowest BCUT2D eigenvalue weighted by Gasteiger charge is -2.32. The molecule has 2 aliphatic heterocycles. The van der Waals surface area contributed by atoms with E-state index in [-0.39, 0.29) is 51.7 Å². The zero-order valence-electron chi connectivity index (χ0n) is 27.9. The van der Waals surface area contributed by atoms with Gasteiger partial charge in [-0.25, -0.2) is 8.42 Å². The van der Waals surface area contributed by atoms with Crippen LogP contribution >= 0.6 is 23.2 Å². The number of halogens is 4. The molecule has 3 fully saturated rings. The number of pyridine rings is 1. The fraction of sp³-hybridized carbons (Fsp3) is 0.457. The number of aromatic nitrogens is 1. The summed E-state index contributed by atoms with van der Waals surface area (Å²) in [6.07, 6.45) is 4.20. The van der Waals surface area contributed by atoms with Crippen LogP contribution in [0.1, 0.15) is 53.3 Å². The minimum absolute atomic E-state index is 0.0364. The van der Waals surface area contributed by atoms with Crippen LogP contribution in [0.2, 0.25) is 10.0 Å². The molecule has 0 N–H and O–H groups in total. The lowest BCUT2D eigenvalue weighted by Crippen LogP contribution is -2.47. The summed E-state index contributed by atoms with van der Waals surface area (Å²) in [6.45, 7) is -0.0491. The molecule has 0 bridgehead atoms. The number of amides is 1. The first kappa shape index (κ1) is 37.2. The smallest absolute Gasteiger partial charge is 0.387 e. The van der Waals surface area contributed by atoms with Crippen LogP contribution in [0.4, 0.5) is 8.78 Å². The van der Waals surface area contributed by atoms with Crippen LogP contribution in [-0.2, 0) is 26.0 Å². The highest BCUT2D eigenvalue weighted by atomic mass is 35.5. The van der Waals surface area contributed by atoms with E-state index < -0.39 is 34.7 Å². The molecular formula is C35H38Cl2F2N4O7S. The summed E-state index contributed by atoms with van der Waals surface area (Å²) in [7, 11) is -2.18. The summed E-state index contributed by atoms with van der Waals surface area (Å²) in [6, 6.07) is 8.82. The number of piperazine rings is 1. The maximum absolute atomic E-state index is 13.9. The molecule has 51 heavy (non-hydrogen) atoms. The van der Waals surface area contributed by atoms with Crippen molar-refractivity contribution in [2.24, 2.45) is 5.92 Å². The zero-order valence-corrected chi connectivity index (χ0v) is 30.2. The van der Waals surface area contributed by atoms with Crippen molar-refractivity contribution in [3.05, 3.63) is 81.6 Å². The second-order valence-corrected chi connectivity index (χ2v) is 15.6. The van der Waals surface area contributed by atoms with Crippen molar-refractivity contribution >= 4 is 45.1 Å². The van der Waals surface area contributed by atoms with Crippen molar-refractivity contribution in [1.82, 2.24) is 19.1 Å². The van der Waals surface area contributed by atoms with Gasteiger partial charge in [0.15, 0.2) is 11.5 Å². The topological polar surface area (TPSA) is 119 Å². The molecule has 6 rings (SSSR count). The molecule has 1 amide bonds. The maximum atomic E-state index is 13.9. The summed E-state index contributed by atoms with van der Waals surface area (Å²) in [5, 5.41) is 0.428. The van der Waals surface area contributed by atoms with E-state index in [1.807, 2.05) is 7.05 Å². The van der Waals surface area contributed by atoms with Crippen molar-refractivity contribution in [3.8, 4) is 11.5 Å². The summed E-state index contributed by atoms with van der Waals surface area (Å²) in [4.78, 5) is 34.7. The van der Waals surface area contributed by atoms with Gasteiger partial charge in [0.25, 0.3) is 5.91 Å². The van der Waals surface area contributed by atoms with Crippen LogP contribution in [0.5, 0.6) is 11.5 Å². The SMILES string of the molecule is CN1CCN(C(=O)c2ccc(S(=O)(=O)N3CCCC3C(=O)O[C@@H](Cc3c(Cl)cncc3Cl)c3ccc(OC(F)F)c(OCC4CC4)c3)cc2)CC1. The molecule has 16 heteroatoms. The Kier molecular flexibility index (Phi) is 11.7. The van der Waals surface area contributed by atoms with Crippen molar-refractivity contribution in [2.75, 3.05) is 46.4 Å². The fourth-order valence-electron chi connectivity index (χ4n) is 6.15. The number of benzene rings is 2. The molecule has 1 aliphatic carbocycles. The maximum Gasteiger partial charge on any atom is 0.387 e. The van der Waals surface area contributed by atoms with Gasteiger partial charge in [-0.15, -0.1) is 0 Å². The summed E-state index contributed by atoms with van der Waals surface area (Å²) in [5.41, 5.74) is 1.16. The number of hydrogen-bond acceptors (Lipinski definition) is 9. The molecule has 1 saturated carbocycles. The Hall–Kier alpha value is -3.56. The Morgan fingerprint density at radius 2 is 1.63 bits per heavy atom. The third-order valence-electron chi connectivity index (χ3n) is 9.30. The number of likely N-dealkylation sites (N-methyl/N-ethyl adjacent to an activating group) is 1. The number of esters is 1. The standard InChI is InChI=1S/C35H38Cl2F2N4O7S/c1-41-13-15-42(16-14-41)33(44)23-6-9-25(10-7-23)51(46,47)43-12-2-3-29(43)34(45)49-31(18-26-27(36)19-40-20-28(26)37)24-8-11-30(50-35(38)39)32(17-24)48-21-22-4-5-22/h6-11,17,19-20,22,29,31,35H,2-5,12-16,18,21H2,1H3/t29?,31-/m0/s1. The van der Waals surface area contributed by atoms with Gasteiger partial charge < -0.3 is 24.0 Å². The first-order chi connectivity index (χ1) is 24.4. The first-order valence-corrected chi connectivity index (χ1v) is 18.9. The van der Waals surface area contributed by atoms with E-state index >= 15 is 0 Å². The van der Waals surface area contributed by atoms with Crippen LogP contribution in [0, 0.1) is 5.92 Å². The average Bonchev–Trinajstić information content (AvgIpc) is 3.80. The molecule has 2 saturated heterocycles. The fourth-order valence-corrected chi connectivity index (χ4v) is 8.31. The number of carbonyl (C=O) groups excluding carboxylic acids is 2. The minimum Gasteiger partial charge on any atom is -0.489 e. The summed E-state index contributed by atoms with van der Waals surface area (Å²) in [5.74, 6) is -0.807. The van der Waals surface area contributed by atoms with Gasteiger partial charge in [0.05, 0.1) is 21.5 Å². The van der Waals surface area contributed by atoms with Crippen molar-refractivity contribution in [3.63, 3.8) is 0 Å². The number of nitrogens with zero attached hydrogens (tertiary/aromatic N) is 4. The highest BCUT2D eigenvalue weighted by Crippen LogP contribution is 2.39. The van der Waals surface area contributed by atoms with Crippen LogP contribution < -0.4 is 9.47 Å². The predicted octanol–water partition coefficient (Wildman–Crippen LogP) is 5.85. The van der Waals surface area contributed by atoms with Gasteiger partial charge in [-0.2, -0.15) is 13.1 Å². The summed E-state index contributed by atoms with van der Waals surface area (Å²) < 4.78 is 72.0. The molecule has 0 radical (unpaired) electrons. The number of hydrogen-bond donors (Lipinski definition) is 0. The largest absolute Gasteiger partial charge is 0.489 e. The highest BCUT2D eigenvalue weighted by molar-refractivity contribution is 7.89. The van der Waals surface area contributed by atoms with Crippen molar-refractivity contribution in [2.45, 2.75) is 55.8 Å². The van der Waals surface area contributed by atoms with E-state index in [2.05, 4.69) is 14.6 Å². The van der Waals surface area contributed by atoms with E-state index in [0.717, 1.165) is 30.2 Å². The van der Waals surface area contributed by atoms with E-state index in [0.29, 0.717) is 48.7 Å². The molecule has 2 aromatic carbocycles. The molecule has 3 aliphatic rings. The summed E-state index contributed by atoms with van der Waals surface area (Å²) >= 11 is 12.9. The van der Waals surface area contributed by atoms with Gasteiger partial charge in [0.2, 0.25) is 10.0 Å². The lowest BCUT2D eigenvalue weighted by atomic mass is 10.0. The Balaban J connectivity index is 1.24. The number of carbonyl (C=O) groups is 2. The highest BCUT2D eigenvalue weighted by Gasteiger charge is 2.41. The molecule has 3 heterocycles. The normalized spacial score (nSPS) is 19.3. The molecule has 1 aromatic heterocycles. The second-order valence-electron chi connectivity index (χ2n) is 12.9. The number of ether oxygens (including phenoxy) is 3. The Bertz CT molecular complexity index is 1820. The number of sulfonamides is 1.